The lowest BCUT2D eigenvalue weighted by Gasteiger charge is -2.12. The summed E-state index contributed by atoms with van der Waals surface area (Å²) in [5.41, 5.74) is 2.63. The summed E-state index contributed by atoms with van der Waals surface area (Å²) in [5.74, 6) is -0.551. The molecule has 26 heavy (non-hydrogen) atoms. The second-order valence-electron chi connectivity index (χ2n) is 6.51. The second kappa shape index (κ2) is 7.74. The third-order valence-corrected chi connectivity index (χ3v) is 4.92. The second-order valence-corrected chi connectivity index (χ2v) is 7.41. The van der Waals surface area contributed by atoms with Gasteiger partial charge in [-0.25, -0.2) is 4.79 Å². The number of nitrogens with zero attached hydrogens (tertiary/aromatic N) is 1. The monoisotopic (exact) mass is 370 g/mol. The van der Waals surface area contributed by atoms with Crippen LogP contribution in [0.2, 0.25) is 0 Å². The first-order chi connectivity index (χ1) is 12.4. The largest absolute Gasteiger partial charge is 0.458 e. The highest BCUT2D eigenvalue weighted by molar-refractivity contribution is 7.16. The van der Waals surface area contributed by atoms with Gasteiger partial charge in [0.25, 0.3) is 0 Å². The normalized spacial score (nSPS) is 11.1. The van der Waals surface area contributed by atoms with Gasteiger partial charge in [0.15, 0.2) is 0 Å². The molecule has 2 aromatic heterocycles. The fourth-order valence-electron chi connectivity index (χ4n) is 2.68. The van der Waals surface area contributed by atoms with E-state index in [2.05, 4.69) is 5.32 Å². The molecule has 0 fully saturated rings. The first-order valence-corrected chi connectivity index (χ1v) is 9.42. The van der Waals surface area contributed by atoms with Gasteiger partial charge in [0, 0.05) is 11.9 Å². The molecule has 0 bridgehead atoms. The van der Waals surface area contributed by atoms with E-state index in [1.165, 1.54) is 16.9 Å². The predicted octanol–water partition coefficient (Wildman–Crippen LogP) is 3.89. The number of benzene rings is 1. The maximum atomic E-state index is 12.4. The molecule has 0 spiro atoms. The van der Waals surface area contributed by atoms with Crippen LogP contribution in [-0.4, -0.2) is 22.5 Å². The fourth-order valence-corrected chi connectivity index (χ4v) is 3.58. The van der Waals surface area contributed by atoms with Gasteiger partial charge in [-0.1, -0.05) is 29.8 Å². The average Bonchev–Trinajstić information content (AvgIpc) is 3.16. The Morgan fingerprint density at radius 1 is 1.19 bits per heavy atom. The lowest BCUT2D eigenvalue weighted by atomic mass is 10.1. The van der Waals surface area contributed by atoms with Crippen LogP contribution in [-0.2, 0) is 22.6 Å². The predicted molar refractivity (Wildman–Crippen MR) is 103 cm³/mol. The highest BCUT2D eigenvalue weighted by Crippen LogP contribution is 2.26. The van der Waals surface area contributed by atoms with Crippen LogP contribution >= 0.6 is 11.3 Å². The number of aryl methyl sites for hydroxylation is 1. The van der Waals surface area contributed by atoms with Crippen LogP contribution in [0.4, 0.5) is 0 Å². The first-order valence-electron chi connectivity index (χ1n) is 8.54. The molecular weight excluding hydrogens is 348 g/mol. The van der Waals surface area contributed by atoms with Crippen LogP contribution in [0.1, 0.15) is 35.5 Å². The molecule has 2 heterocycles. The van der Waals surface area contributed by atoms with Crippen molar-refractivity contribution >= 4 is 33.4 Å². The molecule has 6 heteroatoms. The van der Waals surface area contributed by atoms with Crippen molar-refractivity contribution in [2.45, 2.75) is 40.0 Å². The van der Waals surface area contributed by atoms with E-state index in [0.29, 0.717) is 12.2 Å². The van der Waals surface area contributed by atoms with E-state index >= 15 is 0 Å². The van der Waals surface area contributed by atoms with Gasteiger partial charge < -0.3 is 14.6 Å². The van der Waals surface area contributed by atoms with Gasteiger partial charge >= 0.3 is 5.97 Å². The van der Waals surface area contributed by atoms with Gasteiger partial charge in [-0.2, -0.15) is 0 Å². The molecular formula is C20H22N2O3S. The highest BCUT2D eigenvalue weighted by atomic mass is 32.1. The van der Waals surface area contributed by atoms with E-state index in [1.54, 1.807) is 10.6 Å². The standard InChI is InChI=1S/C20H22N2O3S/c1-13(2)25-20(24)17-10-16-8-9-26-19(16)22(17)12-18(23)21-11-15-6-4-14(3)5-7-15/h4-10,13H,11-12H2,1-3H3,(H,21,23). The summed E-state index contributed by atoms with van der Waals surface area (Å²) in [6, 6.07) is 11.7. The number of carbonyl (C=O) groups excluding carboxylic acids is 2. The Kier molecular flexibility index (Phi) is 5.42. The summed E-state index contributed by atoms with van der Waals surface area (Å²) < 4.78 is 7.04. The van der Waals surface area contributed by atoms with E-state index in [9.17, 15) is 9.59 Å². The fraction of sp³-hybridized carbons (Fsp3) is 0.300. The minimum Gasteiger partial charge on any atom is -0.458 e. The number of aromatic nitrogens is 1. The number of hydrogen-bond acceptors (Lipinski definition) is 4. The number of ether oxygens (including phenoxy) is 1. The zero-order valence-corrected chi connectivity index (χ0v) is 15.9. The van der Waals surface area contributed by atoms with E-state index in [0.717, 1.165) is 15.8 Å². The molecule has 0 unspecified atom stereocenters. The Labute approximate surface area is 156 Å². The Morgan fingerprint density at radius 2 is 1.92 bits per heavy atom. The van der Waals surface area contributed by atoms with E-state index < -0.39 is 5.97 Å². The van der Waals surface area contributed by atoms with Crippen LogP contribution < -0.4 is 5.32 Å². The van der Waals surface area contributed by atoms with Crippen molar-refractivity contribution in [3.63, 3.8) is 0 Å². The number of amides is 1. The molecule has 0 aliphatic rings. The van der Waals surface area contributed by atoms with E-state index in [1.807, 2.05) is 56.5 Å². The lowest BCUT2D eigenvalue weighted by molar-refractivity contribution is -0.121. The molecule has 1 N–H and O–H groups in total. The molecule has 0 atom stereocenters. The average molecular weight is 370 g/mol. The SMILES string of the molecule is Cc1ccc(CNC(=O)Cn2c(C(=O)OC(C)C)cc3ccsc32)cc1. The van der Waals surface area contributed by atoms with Gasteiger partial charge in [-0.15, -0.1) is 11.3 Å². The number of esters is 1. The van der Waals surface area contributed by atoms with Crippen molar-refractivity contribution in [3.8, 4) is 0 Å². The zero-order chi connectivity index (χ0) is 18.7. The van der Waals surface area contributed by atoms with Gasteiger partial charge in [0.1, 0.15) is 17.1 Å². The minimum absolute atomic E-state index is 0.0817. The van der Waals surface area contributed by atoms with Crippen LogP contribution in [0.5, 0.6) is 0 Å². The number of carbonyl (C=O) groups is 2. The number of fused-ring (bicyclic) bond motifs is 1. The van der Waals surface area contributed by atoms with Gasteiger partial charge in [0.2, 0.25) is 5.91 Å². The molecule has 5 nitrogen and oxygen atoms in total. The van der Waals surface area contributed by atoms with Crippen LogP contribution in [0.3, 0.4) is 0 Å². The molecule has 0 saturated carbocycles. The van der Waals surface area contributed by atoms with Crippen molar-refractivity contribution < 1.29 is 14.3 Å². The topological polar surface area (TPSA) is 60.3 Å². The molecule has 0 radical (unpaired) electrons. The number of rotatable bonds is 6. The molecule has 0 aliphatic carbocycles. The van der Waals surface area contributed by atoms with Crippen molar-refractivity contribution in [3.05, 3.63) is 58.6 Å². The van der Waals surface area contributed by atoms with Crippen LogP contribution in [0.25, 0.3) is 10.2 Å². The van der Waals surface area contributed by atoms with E-state index in [4.69, 9.17) is 4.74 Å². The molecule has 0 saturated heterocycles. The van der Waals surface area contributed by atoms with Crippen molar-refractivity contribution in [2.24, 2.45) is 0 Å². The summed E-state index contributed by atoms with van der Waals surface area (Å²) in [6.45, 7) is 6.18. The maximum absolute atomic E-state index is 12.4. The molecule has 1 amide bonds. The minimum atomic E-state index is -0.408. The maximum Gasteiger partial charge on any atom is 0.355 e. The molecule has 0 aliphatic heterocycles. The van der Waals surface area contributed by atoms with Crippen molar-refractivity contribution in [1.29, 1.82) is 0 Å². The number of hydrogen-bond donors (Lipinski definition) is 1. The van der Waals surface area contributed by atoms with Crippen LogP contribution in [0.15, 0.2) is 41.8 Å². The summed E-state index contributed by atoms with van der Waals surface area (Å²) in [4.78, 5) is 25.7. The Morgan fingerprint density at radius 3 is 2.62 bits per heavy atom. The summed E-state index contributed by atoms with van der Waals surface area (Å²) in [7, 11) is 0. The smallest absolute Gasteiger partial charge is 0.355 e. The summed E-state index contributed by atoms with van der Waals surface area (Å²) in [5, 5.41) is 5.80. The number of thiophene rings is 1. The number of nitrogens with one attached hydrogen (secondary N) is 1. The van der Waals surface area contributed by atoms with Crippen LogP contribution in [0, 0.1) is 6.92 Å². The van der Waals surface area contributed by atoms with Gasteiger partial charge in [0.05, 0.1) is 6.10 Å². The quantitative estimate of drug-likeness (QED) is 0.670. The molecule has 3 aromatic rings. The molecule has 1 aromatic carbocycles. The van der Waals surface area contributed by atoms with Crippen molar-refractivity contribution in [1.82, 2.24) is 9.88 Å². The lowest BCUT2D eigenvalue weighted by Crippen LogP contribution is -2.28. The Bertz CT molecular complexity index is 922. The molecule has 3 rings (SSSR count). The van der Waals surface area contributed by atoms with E-state index in [-0.39, 0.29) is 18.6 Å². The zero-order valence-electron chi connectivity index (χ0n) is 15.1. The van der Waals surface area contributed by atoms with Crippen molar-refractivity contribution in [2.75, 3.05) is 0 Å². The van der Waals surface area contributed by atoms with Gasteiger partial charge in [-0.3, -0.25) is 4.79 Å². The summed E-state index contributed by atoms with van der Waals surface area (Å²) >= 11 is 1.50. The summed E-state index contributed by atoms with van der Waals surface area (Å²) in [6.07, 6.45) is -0.209. The Balaban J connectivity index is 1.74. The third-order valence-electron chi connectivity index (χ3n) is 3.97. The van der Waals surface area contributed by atoms with Gasteiger partial charge in [-0.05, 0) is 43.8 Å². The Hall–Kier alpha value is -2.60. The highest BCUT2D eigenvalue weighted by Gasteiger charge is 2.20. The first kappa shape index (κ1) is 18.2. The third kappa shape index (κ3) is 4.14. The molecule has 136 valence electrons.